The molecule has 0 saturated heterocycles. The minimum Gasteiger partial charge on any atom is -0.294 e. The Morgan fingerprint density at radius 1 is 1.00 bits per heavy atom. The van der Waals surface area contributed by atoms with Gasteiger partial charge in [-0.25, -0.2) is 0 Å². The maximum atomic E-state index is 12.2. The Morgan fingerprint density at radius 3 is 1.84 bits per heavy atom. The highest BCUT2D eigenvalue weighted by atomic mass is 16.1. The van der Waals surface area contributed by atoms with Crippen LogP contribution in [0.3, 0.4) is 0 Å². The minimum absolute atomic E-state index is 0.182. The van der Waals surface area contributed by atoms with Crippen LogP contribution in [0.25, 0.3) is 5.57 Å². The van der Waals surface area contributed by atoms with Gasteiger partial charge in [-0.05, 0) is 37.2 Å². The van der Waals surface area contributed by atoms with E-state index in [1.54, 1.807) is 6.92 Å². The summed E-state index contributed by atoms with van der Waals surface area (Å²) in [4.78, 5) is 12.2. The van der Waals surface area contributed by atoms with E-state index in [1.807, 2.05) is 30.3 Å². The molecular weight excluding hydrogens is 232 g/mol. The average molecular weight is 258 g/mol. The molecule has 0 amide bonds. The molecule has 0 N–H and O–H groups in total. The van der Waals surface area contributed by atoms with Crippen molar-refractivity contribution in [2.45, 2.75) is 47.5 Å². The van der Waals surface area contributed by atoms with E-state index >= 15 is 0 Å². The van der Waals surface area contributed by atoms with Crippen LogP contribution in [0.2, 0.25) is 0 Å². The number of hydrogen-bond acceptors (Lipinski definition) is 1. The van der Waals surface area contributed by atoms with E-state index in [0.717, 1.165) is 24.0 Å². The molecule has 1 aromatic carbocycles. The summed E-state index contributed by atoms with van der Waals surface area (Å²) in [7, 11) is 0. The van der Waals surface area contributed by atoms with E-state index in [0.29, 0.717) is 11.8 Å². The lowest BCUT2D eigenvalue weighted by atomic mass is 9.80. The molecule has 0 bridgehead atoms. The zero-order chi connectivity index (χ0) is 14.4. The molecule has 1 rings (SSSR count). The molecule has 0 aliphatic heterocycles. The Labute approximate surface area is 117 Å². The third-order valence-electron chi connectivity index (χ3n) is 3.99. The fourth-order valence-electron chi connectivity index (χ4n) is 2.60. The predicted octanol–water partition coefficient (Wildman–Crippen LogP) is 5.12. The molecule has 2 unspecified atom stereocenters. The van der Waals surface area contributed by atoms with Crippen molar-refractivity contribution < 1.29 is 4.79 Å². The van der Waals surface area contributed by atoms with E-state index in [4.69, 9.17) is 0 Å². The number of carbonyl (C=O) groups excluding carboxylic acids is 1. The quantitative estimate of drug-likeness (QED) is 0.647. The maximum absolute atomic E-state index is 12.2. The van der Waals surface area contributed by atoms with Gasteiger partial charge < -0.3 is 0 Å². The van der Waals surface area contributed by atoms with Crippen molar-refractivity contribution in [2.24, 2.45) is 11.8 Å². The smallest absolute Gasteiger partial charge is 0.160 e. The van der Waals surface area contributed by atoms with Gasteiger partial charge in [0.05, 0.1) is 0 Å². The van der Waals surface area contributed by atoms with Gasteiger partial charge in [-0.2, -0.15) is 0 Å². The molecule has 1 aromatic rings. The fourth-order valence-corrected chi connectivity index (χ4v) is 2.60. The highest BCUT2D eigenvalue weighted by Crippen LogP contribution is 2.33. The third kappa shape index (κ3) is 3.79. The summed E-state index contributed by atoms with van der Waals surface area (Å²) in [6.07, 6.45) is 2.15. The molecule has 0 spiro atoms. The predicted molar refractivity (Wildman–Crippen MR) is 83.0 cm³/mol. The summed E-state index contributed by atoms with van der Waals surface area (Å²) in [6.45, 7) is 10.5. The van der Waals surface area contributed by atoms with Gasteiger partial charge in [-0.3, -0.25) is 4.79 Å². The molecule has 0 fully saturated rings. The van der Waals surface area contributed by atoms with E-state index < -0.39 is 0 Å². The Hall–Kier alpha value is -1.37. The van der Waals surface area contributed by atoms with Crippen LogP contribution < -0.4 is 0 Å². The van der Waals surface area contributed by atoms with Gasteiger partial charge in [0.15, 0.2) is 5.78 Å². The van der Waals surface area contributed by atoms with Gasteiger partial charge in [-0.15, -0.1) is 0 Å². The van der Waals surface area contributed by atoms with Gasteiger partial charge in [-0.1, -0.05) is 63.6 Å². The van der Waals surface area contributed by atoms with Crippen LogP contribution in [-0.4, -0.2) is 5.78 Å². The zero-order valence-electron chi connectivity index (χ0n) is 12.9. The Balaban J connectivity index is 3.46. The normalized spacial score (nSPS) is 13.7. The van der Waals surface area contributed by atoms with E-state index in [-0.39, 0.29) is 5.78 Å². The minimum atomic E-state index is 0.182. The molecule has 0 aromatic heterocycles. The highest BCUT2D eigenvalue weighted by Gasteiger charge is 2.21. The summed E-state index contributed by atoms with van der Waals surface area (Å²) < 4.78 is 0. The number of Topliss-reactive ketones (excluding diaryl/α,β-unsaturated/α-hetero) is 1. The van der Waals surface area contributed by atoms with E-state index in [2.05, 4.69) is 27.7 Å². The van der Waals surface area contributed by atoms with Crippen LogP contribution in [0, 0.1) is 11.8 Å². The fraction of sp³-hybridized carbons (Fsp3) is 0.500. The molecule has 0 aliphatic carbocycles. The lowest BCUT2D eigenvalue weighted by molar-refractivity contribution is -0.111. The second kappa shape index (κ2) is 7.28. The van der Waals surface area contributed by atoms with Gasteiger partial charge in [0.2, 0.25) is 0 Å². The first-order valence-electron chi connectivity index (χ1n) is 7.33. The molecule has 0 heterocycles. The van der Waals surface area contributed by atoms with Crippen LogP contribution in [-0.2, 0) is 4.79 Å². The van der Waals surface area contributed by atoms with Crippen molar-refractivity contribution in [3.05, 3.63) is 41.5 Å². The van der Waals surface area contributed by atoms with Gasteiger partial charge in [0.1, 0.15) is 0 Å². The monoisotopic (exact) mass is 258 g/mol. The number of allylic oxidation sites excluding steroid dienone is 2. The van der Waals surface area contributed by atoms with Crippen molar-refractivity contribution in [3.63, 3.8) is 0 Å². The summed E-state index contributed by atoms with van der Waals surface area (Å²) in [5.41, 5.74) is 3.32. The van der Waals surface area contributed by atoms with Crippen LogP contribution in [0.4, 0.5) is 0 Å². The first kappa shape index (κ1) is 15.7. The van der Waals surface area contributed by atoms with Crippen molar-refractivity contribution in [1.29, 1.82) is 0 Å². The number of rotatable bonds is 6. The van der Waals surface area contributed by atoms with Crippen LogP contribution >= 0.6 is 0 Å². The third-order valence-corrected chi connectivity index (χ3v) is 3.99. The molecule has 2 atom stereocenters. The van der Waals surface area contributed by atoms with E-state index in [9.17, 15) is 4.79 Å². The maximum Gasteiger partial charge on any atom is 0.160 e. The van der Waals surface area contributed by atoms with Crippen molar-refractivity contribution >= 4 is 11.4 Å². The number of benzene rings is 1. The van der Waals surface area contributed by atoms with Crippen molar-refractivity contribution in [2.75, 3.05) is 0 Å². The SMILES string of the molecule is CCC(C)C(=C(C(C)=O)c1ccccc1)C(C)CC. The van der Waals surface area contributed by atoms with E-state index in [1.165, 1.54) is 5.57 Å². The summed E-state index contributed by atoms with van der Waals surface area (Å²) >= 11 is 0. The number of hydrogen-bond donors (Lipinski definition) is 0. The molecular formula is C18H26O. The summed E-state index contributed by atoms with van der Waals surface area (Å²) in [5, 5.41) is 0. The summed E-state index contributed by atoms with van der Waals surface area (Å²) in [5.74, 6) is 1.09. The van der Waals surface area contributed by atoms with Crippen molar-refractivity contribution in [1.82, 2.24) is 0 Å². The Bertz CT molecular complexity index is 430. The Kier molecular flexibility index (Phi) is 6.01. The largest absolute Gasteiger partial charge is 0.294 e. The lowest BCUT2D eigenvalue weighted by Crippen LogP contribution is -2.13. The average Bonchev–Trinajstić information content (AvgIpc) is 2.43. The van der Waals surface area contributed by atoms with Crippen LogP contribution in [0.15, 0.2) is 35.9 Å². The molecule has 0 aliphatic rings. The topological polar surface area (TPSA) is 17.1 Å². The van der Waals surface area contributed by atoms with Gasteiger partial charge in [0.25, 0.3) is 0 Å². The Morgan fingerprint density at radius 2 is 1.47 bits per heavy atom. The lowest BCUT2D eigenvalue weighted by Gasteiger charge is -2.24. The second-order valence-corrected chi connectivity index (χ2v) is 5.37. The van der Waals surface area contributed by atoms with Gasteiger partial charge in [0, 0.05) is 5.57 Å². The first-order chi connectivity index (χ1) is 9.02. The van der Waals surface area contributed by atoms with Crippen LogP contribution in [0.1, 0.15) is 53.0 Å². The molecule has 0 radical (unpaired) electrons. The molecule has 104 valence electrons. The molecule has 19 heavy (non-hydrogen) atoms. The molecule has 1 nitrogen and oxygen atoms in total. The molecule has 0 saturated carbocycles. The van der Waals surface area contributed by atoms with Crippen molar-refractivity contribution in [3.8, 4) is 0 Å². The highest BCUT2D eigenvalue weighted by molar-refractivity contribution is 6.20. The summed E-state index contributed by atoms with van der Waals surface area (Å²) in [6, 6.07) is 10.1. The first-order valence-corrected chi connectivity index (χ1v) is 7.33. The molecule has 1 heteroatoms. The van der Waals surface area contributed by atoms with Gasteiger partial charge >= 0.3 is 0 Å². The zero-order valence-corrected chi connectivity index (χ0v) is 12.9. The number of ketones is 1. The van der Waals surface area contributed by atoms with Crippen LogP contribution in [0.5, 0.6) is 0 Å². The standard InChI is InChI=1S/C18H26O/c1-6-13(3)17(14(4)7-2)18(15(5)19)16-11-9-8-10-12-16/h8-14H,6-7H2,1-5H3. The second-order valence-electron chi connectivity index (χ2n) is 5.37. The number of carbonyl (C=O) groups is 1.